The van der Waals surface area contributed by atoms with Crippen LogP contribution in [0.15, 0.2) is 48.5 Å². The summed E-state index contributed by atoms with van der Waals surface area (Å²) < 4.78 is 1.08. The number of anilines is 1. The molecule has 6 nitrogen and oxygen atoms in total. The van der Waals surface area contributed by atoms with Crippen LogP contribution in [-0.2, 0) is 16.0 Å². The minimum Gasteiger partial charge on any atom is -0.368 e. The van der Waals surface area contributed by atoms with E-state index in [0.29, 0.717) is 17.7 Å². The number of hydrogen-bond donors (Lipinski definition) is 3. The molecule has 0 saturated carbocycles. The van der Waals surface area contributed by atoms with Gasteiger partial charge in [0.1, 0.15) is 6.04 Å². The third-order valence-electron chi connectivity index (χ3n) is 3.47. The van der Waals surface area contributed by atoms with Crippen molar-refractivity contribution in [3.8, 4) is 0 Å². The van der Waals surface area contributed by atoms with Crippen LogP contribution in [0.1, 0.15) is 22.8 Å². The molecular formula is C18H18IN3O3. The molecule has 0 saturated heterocycles. The standard InChI is InChI=1S/C18H18IN3O3/c1-11(23)21-15-8-4-13(5-9-15)18(25)22-16(17(20)24)10-12-2-6-14(19)7-3-12/h2-9,16H,10H2,1H3,(H2,20,24)(H,21,23)(H,22,25)/t16-/m0/s1. The van der Waals surface area contributed by atoms with E-state index in [0.717, 1.165) is 9.13 Å². The van der Waals surface area contributed by atoms with E-state index in [-0.39, 0.29) is 5.91 Å². The molecule has 1 atom stereocenters. The molecule has 0 unspecified atom stereocenters. The first-order valence-corrected chi connectivity index (χ1v) is 8.65. The first-order valence-electron chi connectivity index (χ1n) is 7.57. The molecule has 2 rings (SSSR count). The fourth-order valence-electron chi connectivity index (χ4n) is 2.23. The molecule has 7 heteroatoms. The van der Waals surface area contributed by atoms with Crippen LogP contribution in [0.2, 0.25) is 0 Å². The van der Waals surface area contributed by atoms with E-state index < -0.39 is 17.9 Å². The Morgan fingerprint density at radius 2 is 1.64 bits per heavy atom. The van der Waals surface area contributed by atoms with Crippen molar-refractivity contribution in [1.82, 2.24) is 5.32 Å². The number of primary amides is 1. The topological polar surface area (TPSA) is 101 Å². The van der Waals surface area contributed by atoms with Gasteiger partial charge in [-0.3, -0.25) is 14.4 Å². The second-order valence-corrected chi connectivity index (χ2v) is 6.76. The summed E-state index contributed by atoms with van der Waals surface area (Å²) in [5.41, 5.74) is 7.29. The summed E-state index contributed by atoms with van der Waals surface area (Å²) in [5.74, 6) is -1.19. The predicted molar refractivity (Wildman–Crippen MR) is 104 cm³/mol. The SMILES string of the molecule is CC(=O)Nc1ccc(C(=O)N[C@@H](Cc2ccc(I)cc2)C(N)=O)cc1. The highest BCUT2D eigenvalue weighted by Crippen LogP contribution is 2.11. The van der Waals surface area contributed by atoms with Gasteiger partial charge in [-0.25, -0.2) is 0 Å². The molecular weight excluding hydrogens is 433 g/mol. The number of amides is 3. The average Bonchev–Trinajstić information content (AvgIpc) is 2.56. The fraction of sp³-hybridized carbons (Fsp3) is 0.167. The summed E-state index contributed by atoms with van der Waals surface area (Å²) in [7, 11) is 0. The van der Waals surface area contributed by atoms with Crippen molar-refractivity contribution in [2.24, 2.45) is 5.73 Å². The molecule has 0 bridgehead atoms. The van der Waals surface area contributed by atoms with Crippen molar-refractivity contribution in [2.45, 2.75) is 19.4 Å². The third kappa shape index (κ3) is 5.86. The van der Waals surface area contributed by atoms with Crippen molar-refractivity contribution < 1.29 is 14.4 Å². The minimum absolute atomic E-state index is 0.191. The van der Waals surface area contributed by atoms with Crippen molar-refractivity contribution in [1.29, 1.82) is 0 Å². The van der Waals surface area contributed by atoms with Gasteiger partial charge in [0, 0.05) is 28.2 Å². The van der Waals surface area contributed by atoms with Gasteiger partial charge in [0.05, 0.1) is 0 Å². The second-order valence-electron chi connectivity index (χ2n) is 5.52. The number of halogens is 1. The Labute approximate surface area is 159 Å². The van der Waals surface area contributed by atoms with Crippen molar-refractivity contribution in [3.63, 3.8) is 0 Å². The van der Waals surface area contributed by atoms with Crippen LogP contribution in [-0.4, -0.2) is 23.8 Å². The Balaban J connectivity index is 2.05. The lowest BCUT2D eigenvalue weighted by Gasteiger charge is -2.16. The summed E-state index contributed by atoms with van der Waals surface area (Å²) in [4.78, 5) is 35.0. The van der Waals surface area contributed by atoms with E-state index in [2.05, 4.69) is 33.2 Å². The summed E-state index contributed by atoms with van der Waals surface area (Å²) in [6, 6.07) is 13.2. The monoisotopic (exact) mass is 451 g/mol. The molecule has 4 N–H and O–H groups in total. The minimum atomic E-state index is -0.803. The Morgan fingerprint density at radius 3 is 2.16 bits per heavy atom. The Bertz CT molecular complexity index is 773. The first-order chi connectivity index (χ1) is 11.8. The van der Waals surface area contributed by atoms with Gasteiger partial charge in [0.25, 0.3) is 5.91 Å². The zero-order chi connectivity index (χ0) is 18.4. The highest BCUT2D eigenvalue weighted by atomic mass is 127. The summed E-state index contributed by atoms with van der Waals surface area (Å²) in [6.45, 7) is 1.41. The molecule has 0 fully saturated rings. The van der Waals surface area contributed by atoms with Crippen LogP contribution < -0.4 is 16.4 Å². The summed E-state index contributed by atoms with van der Waals surface area (Å²) in [6.07, 6.45) is 0.321. The molecule has 0 aromatic heterocycles. The number of hydrogen-bond acceptors (Lipinski definition) is 3. The molecule has 0 radical (unpaired) electrons. The number of nitrogens with two attached hydrogens (primary N) is 1. The molecule has 25 heavy (non-hydrogen) atoms. The maximum absolute atomic E-state index is 12.3. The molecule has 2 aromatic carbocycles. The van der Waals surface area contributed by atoms with Gasteiger partial charge in [-0.15, -0.1) is 0 Å². The van der Waals surface area contributed by atoms with E-state index in [1.54, 1.807) is 24.3 Å². The average molecular weight is 451 g/mol. The summed E-state index contributed by atoms with van der Waals surface area (Å²) >= 11 is 2.19. The second kappa shape index (κ2) is 8.61. The quantitative estimate of drug-likeness (QED) is 0.587. The molecule has 130 valence electrons. The molecule has 0 aliphatic carbocycles. The van der Waals surface area contributed by atoms with Gasteiger partial charge in [-0.1, -0.05) is 12.1 Å². The number of carbonyl (C=O) groups is 3. The molecule has 3 amide bonds. The first kappa shape index (κ1) is 18.9. The Hall–Kier alpha value is -2.42. The van der Waals surface area contributed by atoms with E-state index in [4.69, 9.17) is 5.73 Å². The van der Waals surface area contributed by atoms with Crippen LogP contribution in [0.5, 0.6) is 0 Å². The Morgan fingerprint density at radius 1 is 1.04 bits per heavy atom. The van der Waals surface area contributed by atoms with Crippen molar-refractivity contribution in [3.05, 3.63) is 63.2 Å². The van der Waals surface area contributed by atoms with Crippen LogP contribution in [0, 0.1) is 3.57 Å². The van der Waals surface area contributed by atoms with Crippen LogP contribution in [0.4, 0.5) is 5.69 Å². The van der Waals surface area contributed by atoms with Gasteiger partial charge in [0.15, 0.2) is 0 Å². The number of nitrogens with one attached hydrogen (secondary N) is 2. The lowest BCUT2D eigenvalue weighted by atomic mass is 10.0. The van der Waals surface area contributed by atoms with Crippen molar-refractivity contribution in [2.75, 3.05) is 5.32 Å². The lowest BCUT2D eigenvalue weighted by molar-refractivity contribution is -0.119. The van der Waals surface area contributed by atoms with Gasteiger partial charge < -0.3 is 16.4 Å². The van der Waals surface area contributed by atoms with E-state index >= 15 is 0 Å². The molecule has 2 aromatic rings. The smallest absolute Gasteiger partial charge is 0.251 e. The third-order valence-corrected chi connectivity index (χ3v) is 4.19. The highest BCUT2D eigenvalue weighted by molar-refractivity contribution is 14.1. The number of rotatable bonds is 6. The molecule has 0 spiro atoms. The van der Waals surface area contributed by atoms with E-state index in [9.17, 15) is 14.4 Å². The zero-order valence-electron chi connectivity index (χ0n) is 13.6. The lowest BCUT2D eigenvalue weighted by Crippen LogP contribution is -2.45. The highest BCUT2D eigenvalue weighted by Gasteiger charge is 2.19. The largest absolute Gasteiger partial charge is 0.368 e. The zero-order valence-corrected chi connectivity index (χ0v) is 15.7. The maximum atomic E-state index is 12.3. The van der Waals surface area contributed by atoms with Crippen LogP contribution in [0.25, 0.3) is 0 Å². The number of benzene rings is 2. The number of carbonyl (C=O) groups excluding carboxylic acids is 3. The maximum Gasteiger partial charge on any atom is 0.251 e. The fourth-order valence-corrected chi connectivity index (χ4v) is 2.59. The van der Waals surface area contributed by atoms with Gasteiger partial charge in [-0.05, 0) is 64.6 Å². The van der Waals surface area contributed by atoms with Crippen LogP contribution >= 0.6 is 22.6 Å². The van der Waals surface area contributed by atoms with Gasteiger partial charge >= 0.3 is 0 Å². The predicted octanol–water partition coefficient (Wildman–Crippen LogP) is 2.08. The van der Waals surface area contributed by atoms with Crippen LogP contribution in [0.3, 0.4) is 0 Å². The molecule has 0 heterocycles. The van der Waals surface area contributed by atoms with Crippen molar-refractivity contribution >= 4 is 46.0 Å². The Kier molecular flexibility index (Phi) is 6.51. The molecule has 0 aliphatic rings. The van der Waals surface area contributed by atoms with Gasteiger partial charge in [0.2, 0.25) is 11.8 Å². The normalized spacial score (nSPS) is 11.4. The molecule has 0 aliphatic heterocycles. The van der Waals surface area contributed by atoms with E-state index in [1.165, 1.54) is 6.92 Å². The summed E-state index contributed by atoms with van der Waals surface area (Å²) in [5, 5.41) is 5.28. The van der Waals surface area contributed by atoms with Gasteiger partial charge in [-0.2, -0.15) is 0 Å². The van der Waals surface area contributed by atoms with E-state index in [1.807, 2.05) is 24.3 Å².